The lowest BCUT2D eigenvalue weighted by Crippen LogP contribution is -2.41. The highest BCUT2D eigenvalue weighted by molar-refractivity contribution is 7.99. The zero-order valence-electron chi connectivity index (χ0n) is 20.0. The number of amides is 1. The molecule has 1 aromatic carbocycles. The molecule has 1 N–H and O–H groups in total. The minimum absolute atomic E-state index is 0.0543. The van der Waals surface area contributed by atoms with Crippen molar-refractivity contribution in [2.75, 3.05) is 26.6 Å². The third-order valence-corrected chi connectivity index (χ3v) is 8.20. The van der Waals surface area contributed by atoms with Crippen molar-refractivity contribution < 1.29 is 19.1 Å². The number of nitrogens with one attached hydrogen (secondary N) is 1. The van der Waals surface area contributed by atoms with E-state index in [1.807, 2.05) is 0 Å². The Hall–Kier alpha value is -2.39. The Morgan fingerprint density at radius 2 is 2.09 bits per heavy atom. The molecule has 1 aromatic heterocycles. The van der Waals surface area contributed by atoms with Crippen molar-refractivity contribution in [3.05, 3.63) is 34.1 Å². The third-order valence-electron chi connectivity index (χ3n) is 7.23. The first-order valence-corrected chi connectivity index (χ1v) is 12.9. The fourth-order valence-electron chi connectivity index (χ4n) is 5.56. The number of rotatable bonds is 10. The van der Waals surface area contributed by atoms with Crippen molar-refractivity contribution in [3.63, 3.8) is 0 Å². The third kappa shape index (κ3) is 5.30. The molecule has 0 saturated heterocycles. The van der Waals surface area contributed by atoms with E-state index in [-0.39, 0.29) is 23.3 Å². The molecule has 9 heteroatoms. The van der Waals surface area contributed by atoms with E-state index in [1.165, 1.54) is 44.6 Å². The van der Waals surface area contributed by atoms with Gasteiger partial charge in [-0.3, -0.25) is 14.2 Å². The van der Waals surface area contributed by atoms with Crippen LogP contribution in [0.4, 0.5) is 0 Å². The van der Waals surface area contributed by atoms with Crippen LogP contribution in [0.15, 0.2) is 28.2 Å². The van der Waals surface area contributed by atoms with Crippen LogP contribution >= 0.6 is 11.8 Å². The van der Waals surface area contributed by atoms with Crippen molar-refractivity contribution in [1.82, 2.24) is 14.9 Å². The summed E-state index contributed by atoms with van der Waals surface area (Å²) in [6, 6.07) is 4.87. The average Bonchev–Trinajstić information content (AvgIpc) is 3.47. The maximum atomic E-state index is 13.2. The monoisotopic (exact) mass is 487 g/mol. The van der Waals surface area contributed by atoms with Crippen LogP contribution in [-0.4, -0.2) is 54.0 Å². The van der Waals surface area contributed by atoms with Crippen LogP contribution in [-0.2, 0) is 20.8 Å². The standard InChI is InChI=1S/C25H33N3O5S/c1-15(20-12-16-5-6-17(20)11-16)26-22(29)14-34-25-27-21-13-18(24(31)33-3)7-8-19(21)23(30)28(25)9-4-10-32-2/h7-8,13,15-17,20H,4-6,9-12,14H2,1-3H3,(H,26,29)/t15-,16-,17-,20+/m1/s1. The number of ether oxygens (including phenoxy) is 2. The van der Waals surface area contributed by atoms with Gasteiger partial charge in [0.15, 0.2) is 5.16 Å². The van der Waals surface area contributed by atoms with Crippen molar-refractivity contribution in [2.24, 2.45) is 17.8 Å². The van der Waals surface area contributed by atoms with Gasteiger partial charge in [0.05, 0.1) is 29.3 Å². The van der Waals surface area contributed by atoms with Gasteiger partial charge in [-0.2, -0.15) is 0 Å². The summed E-state index contributed by atoms with van der Waals surface area (Å²) in [6.07, 6.45) is 5.79. The predicted octanol–water partition coefficient (Wildman–Crippen LogP) is 3.25. The molecule has 0 aliphatic heterocycles. The van der Waals surface area contributed by atoms with Crippen LogP contribution < -0.4 is 10.9 Å². The largest absolute Gasteiger partial charge is 0.465 e. The minimum Gasteiger partial charge on any atom is -0.465 e. The van der Waals surface area contributed by atoms with Crippen molar-refractivity contribution in [1.29, 1.82) is 0 Å². The normalized spacial score (nSPS) is 22.1. The molecule has 2 bridgehead atoms. The van der Waals surface area contributed by atoms with Gasteiger partial charge in [0.2, 0.25) is 5.91 Å². The van der Waals surface area contributed by atoms with Crippen LogP contribution in [0.2, 0.25) is 0 Å². The number of methoxy groups -OCH3 is 2. The second kappa shape index (κ2) is 10.9. The van der Waals surface area contributed by atoms with E-state index in [2.05, 4.69) is 17.2 Å². The SMILES string of the molecule is COCCCn1c(SCC(=O)N[C@H](C)[C@@H]2C[C@@H]3CC[C@@H]2C3)nc2cc(C(=O)OC)ccc2c1=O. The van der Waals surface area contributed by atoms with Crippen molar-refractivity contribution in [3.8, 4) is 0 Å². The molecule has 2 aromatic rings. The number of hydrogen-bond acceptors (Lipinski definition) is 7. The molecular weight excluding hydrogens is 454 g/mol. The first-order valence-electron chi connectivity index (χ1n) is 11.9. The lowest BCUT2D eigenvalue weighted by Gasteiger charge is -2.28. The molecule has 184 valence electrons. The number of carbonyl (C=O) groups is 2. The van der Waals surface area contributed by atoms with E-state index in [1.54, 1.807) is 29.9 Å². The Morgan fingerprint density at radius 1 is 1.26 bits per heavy atom. The number of hydrogen-bond donors (Lipinski definition) is 1. The van der Waals surface area contributed by atoms with Gasteiger partial charge in [-0.1, -0.05) is 18.2 Å². The second-order valence-corrected chi connectivity index (χ2v) is 10.3. The summed E-state index contributed by atoms with van der Waals surface area (Å²) in [5.74, 6) is 1.77. The Bertz CT molecular complexity index is 1120. The molecule has 2 saturated carbocycles. The fraction of sp³-hybridized carbons (Fsp3) is 0.600. The van der Waals surface area contributed by atoms with Gasteiger partial charge in [-0.15, -0.1) is 0 Å². The molecule has 2 aliphatic rings. The fourth-order valence-corrected chi connectivity index (χ4v) is 6.40. The van der Waals surface area contributed by atoms with Crippen LogP contribution in [0.1, 0.15) is 49.4 Å². The lowest BCUT2D eigenvalue weighted by molar-refractivity contribution is -0.119. The Morgan fingerprint density at radius 3 is 2.76 bits per heavy atom. The van der Waals surface area contributed by atoms with Crippen LogP contribution in [0.5, 0.6) is 0 Å². The molecule has 1 amide bonds. The molecule has 0 spiro atoms. The molecule has 0 unspecified atom stereocenters. The van der Waals surface area contributed by atoms with E-state index in [4.69, 9.17) is 9.47 Å². The molecule has 2 fully saturated rings. The van der Waals surface area contributed by atoms with E-state index >= 15 is 0 Å². The smallest absolute Gasteiger partial charge is 0.337 e. The quantitative estimate of drug-likeness (QED) is 0.238. The second-order valence-electron chi connectivity index (χ2n) is 9.40. The Balaban J connectivity index is 1.51. The number of benzene rings is 1. The predicted molar refractivity (Wildman–Crippen MR) is 131 cm³/mol. The highest BCUT2D eigenvalue weighted by Gasteiger charge is 2.42. The summed E-state index contributed by atoms with van der Waals surface area (Å²) in [6.45, 7) is 3.05. The van der Waals surface area contributed by atoms with Gasteiger partial charge < -0.3 is 14.8 Å². The lowest BCUT2D eigenvalue weighted by atomic mass is 9.84. The summed E-state index contributed by atoms with van der Waals surface area (Å²) in [5, 5.41) is 4.05. The maximum Gasteiger partial charge on any atom is 0.337 e. The summed E-state index contributed by atoms with van der Waals surface area (Å²) in [4.78, 5) is 42.6. The Labute approximate surface area is 203 Å². The van der Waals surface area contributed by atoms with Gasteiger partial charge in [0.25, 0.3) is 5.56 Å². The van der Waals surface area contributed by atoms with Gasteiger partial charge in [-0.25, -0.2) is 9.78 Å². The topological polar surface area (TPSA) is 99.5 Å². The van der Waals surface area contributed by atoms with Gasteiger partial charge in [0.1, 0.15) is 0 Å². The molecule has 8 nitrogen and oxygen atoms in total. The summed E-state index contributed by atoms with van der Waals surface area (Å²) in [7, 11) is 2.93. The van der Waals surface area contributed by atoms with Crippen LogP contribution in [0, 0.1) is 17.8 Å². The van der Waals surface area contributed by atoms with Crippen molar-refractivity contribution >= 4 is 34.5 Å². The van der Waals surface area contributed by atoms with Gasteiger partial charge >= 0.3 is 5.97 Å². The van der Waals surface area contributed by atoms with E-state index in [0.29, 0.717) is 47.1 Å². The molecule has 4 rings (SSSR count). The Kier molecular flexibility index (Phi) is 7.93. The zero-order chi connectivity index (χ0) is 24.2. The molecule has 2 aliphatic carbocycles. The molecule has 34 heavy (non-hydrogen) atoms. The number of thioether (sulfide) groups is 1. The molecule has 1 heterocycles. The molecule has 4 atom stereocenters. The molecule has 0 radical (unpaired) electrons. The first-order chi connectivity index (χ1) is 16.4. The van der Waals surface area contributed by atoms with E-state index < -0.39 is 5.97 Å². The number of esters is 1. The number of fused-ring (bicyclic) bond motifs is 3. The zero-order valence-corrected chi connectivity index (χ0v) is 20.9. The van der Waals surface area contributed by atoms with Crippen LogP contribution in [0.3, 0.4) is 0 Å². The highest BCUT2D eigenvalue weighted by atomic mass is 32.2. The average molecular weight is 488 g/mol. The van der Waals surface area contributed by atoms with Gasteiger partial charge in [0, 0.05) is 26.3 Å². The van der Waals surface area contributed by atoms with Crippen LogP contribution in [0.25, 0.3) is 10.9 Å². The number of carbonyl (C=O) groups excluding carboxylic acids is 2. The van der Waals surface area contributed by atoms with E-state index in [9.17, 15) is 14.4 Å². The number of aromatic nitrogens is 2. The van der Waals surface area contributed by atoms with Crippen molar-refractivity contribution in [2.45, 2.75) is 56.8 Å². The van der Waals surface area contributed by atoms with Gasteiger partial charge in [-0.05, 0) is 68.6 Å². The summed E-state index contributed by atoms with van der Waals surface area (Å²) < 4.78 is 11.5. The summed E-state index contributed by atoms with van der Waals surface area (Å²) in [5.41, 5.74) is 0.539. The van der Waals surface area contributed by atoms with E-state index in [0.717, 1.165) is 11.8 Å². The minimum atomic E-state index is -0.490. The first kappa shape index (κ1) is 24.7. The molecular formula is C25H33N3O5S. The maximum absolute atomic E-state index is 13.2. The highest BCUT2D eigenvalue weighted by Crippen LogP contribution is 2.49. The summed E-state index contributed by atoms with van der Waals surface area (Å²) >= 11 is 1.24. The number of nitrogens with zero attached hydrogens (tertiary/aromatic N) is 2.